The molecule has 148 valence electrons. The zero-order valence-corrected chi connectivity index (χ0v) is 15.9. The Morgan fingerprint density at radius 1 is 1.17 bits per heavy atom. The van der Waals surface area contributed by atoms with Gasteiger partial charge in [0.1, 0.15) is 5.69 Å². The van der Waals surface area contributed by atoms with Crippen LogP contribution in [0.1, 0.15) is 15.9 Å². The van der Waals surface area contributed by atoms with E-state index in [0.29, 0.717) is 11.4 Å². The first kappa shape index (κ1) is 19.7. The maximum absolute atomic E-state index is 12.5. The number of nitrogens with zero attached hydrogens (tertiary/aromatic N) is 4. The zero-order valence-electron chi connectivity index (χ0n) is 15.9. The smallest absolute Gasteiger partial charge is 0.294 e. The van der Waals surface area contributed by atoms with Crippen molar-refractivity contribution in [3.8, 4) is 5.69 Å². The molecule has 3 rings (SSSR count). The molecule has 0 spiro atoms. The summed E-state index contributed by atoms with van der Waals surface area (Å²) in [7, 11) is 3.38. The van der Waals surface area contributed by atoms with Gasteiger partial charge in [-0.2, -0.15) is 0 Å². The summed E-state index contributed by atoms with van der Waals surface area (Å²) in [5.74, 6) is -0.491. The second-order valence-corrected chi connectivity index (χ2v) is 6.55. The number of likely N-dealkylation sites (N-methyl/N-ethyl adjacent to an activating group) is 1. The lowest BCUT2D eigenvalue weighted by atomic mass is 10.1. The van der Waals surface area contributed by atoms with Gasteiger partial charge in [-0.3, -0.25) is 19.7 Å². The molecule has 0 atom stereocenters. The molecule has 0 saturated heterocycles. The van der Waals surface area contributed by atoms with Crippen molar-refractivity contribution in [2.24, 2.45) is 0 Å². The van der Waals surface area contributed by atoms with Crippen LogP contribution in [0.15, 0.2) is 61.2 Å². The third-order valence-corrected chi connectivity index (χ3v) is 4.28. The molecular formula is C20H19N5O4. The monoisotopic (exact) mass is 393 g/mol. The fourth-order valence-corrected chi connectivity index (χ4v) is 2.67. The second kappa shape index (κ2) is 8.34. The van der Waals surface area contributed by atoms with Crippen LogP contribution in [0.3, 0.4) is 0 Å². The maximum atomic E-state index is 12.5. The van der Waals surface area contributed by atoms with Crippen LogP contribution in [0.4, 0.5) is 11.4 Å². The molecule has 3 aromatic rings. The van der Waals surface area contributed by atoms with Gasteiger partial charge in [0, 0.05) is 43.8 Å². The molecule has 0 aliphatic rings. The van der Waals surface area contributed by atoms with Gasteiger partial charge in [0.25, 0.3) is 11.6 Å². The molecule has 0 aliphatic carbocycles. The van der Waals surface area contributed by atoms with E-state index < -0.39 is 10.8 Å². The number of anilines is 1. The van der Waals surface area contributed by atoms with E-state index in [2.05, 4.69) is 10.3 Å². The summed E-state index contributed by atoms with van der Waals surface area (Å²) in [6, 6.07) is 11.1. The van der Waals surface area contributed by atoms with Crippen LogP contribution in [0.2, 0.25) is 0 Å². The number of aromatic nitrogens is 2. The summed E-state index contributed by atoms with van der Waals surface area (Å²) >= 11 is 0. The molecule has 2 amide bonds. The maximum Gasteiger partial charge on any atom is 0.294 e. The van der Waals surface area contributed by atoms with Crippen molar-refractivity contribution < 1.29 is 14.5 Å². The number of nitrogens with one attached hydrogen (secondary N) is 1. The summed E-state index contributed by atoms with van der Waals surface area (Å²) in [5, 5.41) is 14.1. The number of amides is 2. The number of rotatable bonds is 6. The molecule has 9 nitrogen and oxygen atoms in total. The van der Waals surface area contributed by atoms with E-state index in [-0.39, 0.29) is 23.6 Å². The van der Waals surface area contributed by atoms with Gasteiger partial charge in [-0.15, -0.1) is 0 Å². The molecule has 1 N–H and O–H groups in total. The number of carbonyl (C=O) groups is 2. The van der Waals surface area contributed by atoms with E-state index in [9.17, 15) is 19.7 Å². The van der Waals surface area contributed by atoms with E-state index in [4.69, 9.17) is 0 Å². The number of nitro benzene ring substituents is 1. The molecule has 1 heterocycles. The Morgan fingerprint density at radius 2 is 1.90 bits per heavy atom. The zero-order chi connectivity index (χ0) is 21.0. The Balaban J connectivity index is 1.76. The number of nitro groups is 1. The van der Waals surface area contributed by atoms with Crippen molar-refractivity contribution in [1.82, 2.24) is 14.5 Å². The lowest BCUT2D eigenvalue weighted by Crippen LogP contribution is -2.23. The van der Waals surface area contributed by atoms with Gasteiger partial charge in [-0.1, -0.05) is 12.1 Å². The van der Waals surface area contributed by atoms with Crippen LogP contribution < -0.4 is 5.32 Å². The SMILES string of the molecule is CN(C)C(=O)Cc1ccc(NC(=O)c2ccc(-n3ccnc3)c([N+](=O)[O-])c2)cc1. The van der Waals surface area contributed by atoms with Crippen LogP contribution in [0.5, 0.6) is 0 Å². The Kier molecular flexibility index (Phi) is 5.68. The molecule has 0 fully saturated rings. The first-order valence-electron chi connectivity index (χ1n) is 8.72. The summed E-state index contributed by atoms with van der Waals surface area (Å²) < 4.78 is 1.51. The first-order valence-corrected chi connectivity index (χ1v) is 8.72. The lowest BCUT2D eigenvalue weighted by molar-refractivity contribution is -0.384. The predicted octanol–water partition coefficient (Wildman–Crippen LogP) is 2.66. The summed E-state index contributed by atoms with van der Waals surface area (Å²) in [4.78, 5) is 40.6. The Morgan fingerprint density at radius 3 is 2.48 bits per heavy atom. The van der Waals surface area contributed by atoms with Gasteiger partial charge >= 0.3 is 0 Å². The van der Waals surface area contributed by atoms with Crippen molar-refractivity contribution in [2.45, 2.75) is 6.42 Å². The molecular weight excluding hydrogens is 374 g/mol. The largest absolute Gasteiger partial charge is 0.349 e. The molecule has 2 aromatic carbocycles. The van der Waals surface area contributed by atoms with E-state index in [1.54, 1.807) is 44.6 Å². The minimum absolute atomic E-state index is 0.0212. The van der Waals surface area contributed by atoms with Crippen LogP contribution in [-0.4, -0.2) is 45.3 Å². The molecule has 9 heteroatoms. The van der Waals surface area contributed by atoms with Crippen molar-refractivity contribution >= 4 is 23.2 Å². The minimum Gasteiger partial charge on any atom is -0.349 e. The van der Waals surface area contributed by atoms with Crippen molar-refractivity contribution in [1.29, 1.82) is 0 Å². The van der Waals surface area contributed by atoms with Crippen molar-refractivity contribution in [2.75, 3.05) is 19.4 Å². The normalized spacial score (nSPS) is 10.4. The number of carbonyl (C=O) groups excluding carboxylic acids is 2. The first-order chi connectivity index (χ1) is 13.8. The highest BCUT2D eigenvalue weighted by Gasteiger charge is 2.19. The fraction of sp³-hybridized carbons (Fsp3) is 0.150. The van der Waals surface area contributed by atoms with Gasteiger partial charge in [0.05, 0.1) is 17.7 Å². The summed E-state index contributed by atoms with van der Waals surface area (Å²) in [6.45, 7) is 0. The van der Waals surface area contributed by atoms with Crippen LogP contribution in [0.25, 0.3) is 5.69 Å². The van der Waals surface area contributed by atoms with Gasteiger partial charge < -0.3 is 14.8 Å². The van der Waals surface area contributed by atoms with Crippen molar-refractivity contribution in [3.63, 3.8) is 0 Å². The third-order valence-electron chi connectivity index (χ3n) is 4.28. The van der Waals surface area contributed by atoms with Gasteiger partial charge in [0.15, 0.2) is 0 Å². The summed E-state index contributed by atoms with van der Waals surface area (Å²) in [6.07, 6.45) is 4.82. The topological polar surface area (TPSA) is 110 Å². The fourth-order valence-electron chi connectivity index (χ4n) is 2.67. The van der Waals surface area contributed by atoms with Crippen molar-refractivity contribution in [3.05, 3.63) is 82.4 Å². The standard InChI is InChI=1S/C20H19N5O4/c1-23(2)19(26)11-14-3-6-16(7-4-14)22-20(27)15-5-8-17(18(12-15)25(28)29)24-10-9-21-13-24/h3-10,12-13H,11H2,1-2H3,(H,22,27). The molecule has 0 bridgehead atoms. The van der Waals surface area contributed by atoms with E-state index >= 15 is 0 Å². The van der Waals surface area contributed by atoms with Gasteiger partial charge in [-0.25, -0.2) is 4.98 Å². The highest BCUT2D eigenvalue weighted by molar-refractivity contribution is 6.05. The molecule has 29 heavy (non-hydrogen) atoms. The predicted molar refractivity (Wildman–Crippen MR) is 107 cm³/mol. The Bertz CT molecular complexity index is 1040. The summed E-state index contributed by atoms with van der Waals surface area (Å²) in [5.41, 5.74) is 1.62. The van der Waals surface area contributed by atoms with Gasteiger partial charge in [-0.05, 0) is 29.8 Å². The minimum atomic E-state index is -0.539. The van der Waals surface area contributed by atoms with Crippen LogP contribution >= 0.6 is 0 Å². The number of benzene rings is 2. The quantitative estimate of drug-likeness (QED) is 0.511. The lowest BCUT2D eigenvalue weighted by Gasteiger charge is -2.11. The average Bonchev–Trinajstić information content (AvgIpc) is 3.23. The van der Waals surface area contributed by atoms with Crippen LogP contribution in [0, 0.1) is 10.1 Å². The Labute approximate surface area is 166 Å². The molecule has 1 aromatic heterocycles. The number of imidazole rings is 1. The second-order valence-electron chi connectivity index (χ2n) is 6.55. The van der Waals surface area contributed by atoms with E-state index in [1.807, 2.05) is 0 Å². The molecule has 0 unspecified atom stereocenters. The highest BCUT2D eigenvalue weighted by Crippen LogP contribution is 2.24. The van der Waals surface area contributed by atoms with E-state index in [0.717, 1.165) is 5.56 Å². The molecule has 0 radical (unpaired) electrons. The number of hydrogen-bond acceptors (Lipinski definition) is 5. The number of hydrogen-bond donors (Lipinski definition) is 1. The molecule has 0 aliphatic heterocycles. The Hall–Kier alpha value is -4.01. The third kappa shape index (κ3) is 4.64. The molecule has 0 saturated carbocycles. The van der Waals surface area contributed by atoms with E-state index in [1.165, 1.54) is 40.2 Å². The van der Waals surface area contributed by atoms with Crippen LogP contribution in [-0.2, 0) is 11.2 Å². The highest BCUT2D eigenvalue weighted by atomic mass is 16.6. The van der Waals surface area contributed by atoms with Gasteiger partial charge in [0.2, 0.25) is 5.91 Å². The average molecular weight is 393 g/mol.